The molecule has 0 aliphatic carbocycles. The zero-order chi connectivity index (χ0) is 95.5. The van der Waals surface area contributed by atoms with Crippen LogP contribution in [-0.2, 0) is 114 Å². The van der Waals surface area contributed by atoms with E-state index in [-0.39, 0.29) is 0 Å². The van der Waals surface area contributed by atoms with Crippen molar-refractivity contribution in [2.75, 3.05) is 59.5 Å². The number of aliphatic hydroxyl groups excluding tert-OH is 29. The molecule has 0 radical (unpaired) electrons. The van der Waals surface area contributed by atoms with Crippen molar-refractivity contribution in [3.8, 4) is 0 Å². The van der Waals surface area contributed by atoms with Gasteiger partial charge >= 0.3 is 11.9 Å². The molecule has 51 atom stereocenters. The first-order valence-electron chi connectivity index (χ1n) is 40.7. The van der Waals surface area contributed by atoms with E-state index in [1.54, 1.807) is 0 Å². The third kappa shape index (κ3) is 23.3. The number of hydrogen-bond acceptors (Lipinski definition) is 53. The van der Waals surface area contributed by atoms with E-state index in [1.165, 1.54) is 6.92 Å². The number of carboxylic acids is 2. The molecule has 6 unspecified atom stereocenters. The second-order valence-corrected chi connectivity index (χ2v) is 32.7. The summed E-state index contributed by atoms with van der Waals surface area (Å²) in [6.45, 7) is -7.24. The highest BCUT2D eigenvalue weighted by Crippen LogP contribution is 2.45. The van der Waals surface area contributed by atoms with Gasteiger partial charge in [-0.1, -0.05) is 0 Å². The summed E-state index contributed by atoms with van der Waals surface area (Å²) >= 11 is 0. The summed E-state index contributed by atoms with van der Waals surface area (Å²) in [6.07, 6.45) is -107. The van der Waals surface area contributed by atoms with Crippen LogP contribution in [0.3, 0.4) is 0 Å². The number of ether oxygens (including phenoxy) is 19. The number of rotatable bonds is 35. The van der Waals surface area contributed by atoms with Crippen LogP contribution in [0.1, 0.15) is 40.5 Å². The molecule has 0 spiro atoms. The predicted molar refractivity (Wildman–Crippen MR) is 391 cm³/mol. The minimum absolute atomic E-state index is 0.781. The molecule has 10 heterocycles. The van der Waals surface area contributed by atoms with Crippen molar-refractivity contribution in [1.29, 1.82) is 0 Å². The van der Waals surface area contributed by atoms with Gasteiger partial charge in [0.25, 0.3) is 11.6 Å². The lowest BCUT2D eigenvalue weighted by Crippen LogP contribution is -2.72. The van der Waals surface area contributed by atoms with Gasteiger partial charge in [0.2, 0.25) is 17.7 Å². The van der Waals surface area contributed by atoms with Gasteiger partial charge in [0.1, 0.15) is 232 Å². The summed E-state index contributed by atoms with van der Waals surface area (Å²) in [5, 5.41) is 352. The average Bonchev–Trinajstić information content (AvgIpc) is 0.738. The van der Waals surface area contributed by atoms with E-state index < -0.39 is 414 Å². The molecule has 58 heteroatoms. The van der Waals surface area contributed by atoms with Crippen molar-refractivity contribution >= 4 is 29.7 Å². The summed E-state index contributed by atoms with van der Waals surface area (Å²) in [4.78, 5) is 66.3. The maximum Gasteiger partial charge on any atom is 0.364 e. The summed E-state index contributed by atoms with van der Waals surface area (Å²) in [6, 6.07) is -5.79. The van der Waals surface area contributed by atoms with Crippen LogP contribution in [0.25, 0.3) is 0 Å². The lowest BCUT2D eigenvalue weighted by atomic mass is 9.89. The Morgan fingerprint density at radius 3 is 1.25 bits per heavy atom. The van der Waals surface area contributed by atoms with Crippen molar-refractivity contribution in [3.05, 3.63) is 0 Å². The number of carbonyl (C=O) groups excluding carboxylic acids is 3. The molecule has 10 fully saturated rings. The van der Waals surface area contributed by atoms with Gasteiger partial charge in [-0.15, -0.1) is 0 Å². The maximum atomic E-state index is 14.2. The maximum absolute atomic E-state index is 14.2. The Kier molecular flexibility index (Phi) is 37.3. The lowest BCUT2D eigenvalue weighted by molar-refractivity contribution is -0.408. The van der Waals surface area contributed by atoms with E-state index in [1.807, 2.05) is 0 Å². The monoisotopic (exact) mass is 1890 g/mol. The van der Waals surface area contributed by atoms with Crippen LogP contribution < -0.4 is 16.0 Å². The Balaban J connectivity index is 1.01. The van der Waals surface area contributed by atoms with Crippen LogP contribution in [-0.4, -0.2) is 559 Å². The second-order valence-electron chi connectivity index (χ2n) is 32.7. The molecule has 10 rings (SSSR count). The number of aliphatic carboxylic acids is 2. The molecule has 3 amide bonds. The van der Waals surface area contributed by atoms with E-state index >= 15 is 0 Å². The van der Waals surface area contributed by atoms with Crippen molar-refractivity contribution in [2.24, 2.45) is 0 Å². The predicted octanol–water partition coefficient (Wildman–Crippen LogP) is -22.3. The van der Waals surface area contributed by atoms with E-state index in [4.69, 9.17) is 90.0 Å². The highest BCUT2D eigenvalue weighted by Gasteiger charge is 2.66. The Morgan fingerprint density at radius 2 is 0.729 bits per heavy atom. The Hall–Kier alpha value is -4.57. The topological polar surface area (TPSA) is 924 Å². The highest BCUT2D eigenvalue weighted by molar-refractivity contribution is 5.77. The van der Waals surface area contributed by atoms with Crippen LogP contribution >= 0.6 is 0 Å². The van der Waals surface area contributed by atoms with Gasteiger partial charge in [0.15, 0.2) is 50.3 Å². The van der Waals surface area contributed by atoms with Crippen molar-refractivity contribution in [2.45, 2.75) is 353 Å². The van der Waals surface area contributed by atoms with Crippen molar-refractivity contribution in [1.82, 2.24) is 16.0 Å². The summed E-state index contributed by atoms with van der Waals surface area (Å²) in [5.74, 6) is -14.9. The number of aliphatic hydroxyl groups is 29. The summed E-state index contributed by atoms with van der Waals surface area (Å²) < 4.78 is 112. The lowest BCUT2D eigenvalue weighted by Gasteiger charge is -2.53. The van der Waals surface area contributed by atoms with Crippen LogP contribution in [0.2, 0.25) is 0 Å². The molecule has 0 bridgehead atoms. The quantitative estimate of drug-likeness (QED) is 0.0280. The Morgan fingerprint density at radius 1 is 0.341 bits per heavy atom. The van der Waals surface area contributed by atoms with E-state index in [2.05, 4.69) is 16.0 Å². The van der Waals surface area contributed by atoms with Crippen LogP contribution in [0, 0.1) is 0 Å². The number of carbonyl (C=O) groups is 5. The smallest absolute Gasteiger partial charge is 0.364 e. The molecule has 10 saturated heterocycles. The number of carboxylic acid groups (broad SMARTS) is 2. The molecule has 58 nitrogen and oxygen atoms in total. The van der Waals surface area contributed by atoms with Crippen LogP contribution in [0.5, 0.6) is 0 Å². The zero-order valence-electron chi connectivity index (χ0n) is 68.7. The molecular weight excluding hydrogens is 1770 g/mol. The van der Waals surface area contributed by atoms with Gasteiger partial charge in [-0.05, 0) is 6.92 Å². The zero-order valence-corrected chi connectivity index (χ0v) is 68.7. The number of hydrogen-bond donors (Lipinski definition) is 34. The van der Waals surface area contributed by atoms with Gasteiger partial charge in [0.05, 0.1) is 77.8 Å². The van der Waals surface area contributed by atoms with E-state index in [9.17, 15) is 182 Å². The Bertz CT molecular complexity index is 3580. The largest absolute Gasteiger partial charge is 0.477 e. The minimum atomic E-state index is -3.64. The molecule has 746 valence electrons. The second kappa shape index (κ2) is 45.1. The van der Waals surface area contributed by atoms with Crippen molar-refractivity contribution in [3.63, 3.8) is 0 Å². The van der Waals surface area contributed by atoms with Gasteiger partial charge in [-0.25, -0.2) is 9.59 Å². The number of nitrogens with one attached hydrogen (secondary N) is 3. The fraction of sp³-hybridized carbons (Fsp3) is 0.930. The third-order valence-corrected chi connectivity index (χ3v) is 23.6. The molecule has 0 aromatic rings. The van der Waals surface area contributed by atoms with Crippen molar-refractivity contribution < 1.29 is 272 Å². The molecule has 0 aromatic heterocycles. The van der Waals surface area contributed by atoms with E-state index in [0.29, 0.717) is 0 Å². The van der Waals surface area contributed by atoms with Gasteiger partial charge in [0, 0.05) is 33.6 Å². The molecule has 34 N–H and O–H groups in total. The third-order valence-electron chi connectivity index (χ3n) is 23.6. The van der Waals surface area contributed by atoms with Crippen LogP contribution in [0.15, 0.2) is 0 Å². The van der Waals surface area contributed by atoms with Gasteiger partial charge < -0.3 is 264 Å². The summed E-state index contributed by atoms with van der Waals surface area (Å²) in [5.41, 5.74) is 0. The first-order chi connectivity index (χ1) is 60.6. The van der Waals surface area contributed by atoms with Gasteiger partial charge in [-0.3, -0.25) is 14.4 Å². The minimum Gasteiger partial charge on any atom is -0.477 e. The molecule has 0 aromatic carbocycles. The average molecular weight is 1890 g/mol. The summed E-state index contributed by atoms with van der Waals surface area (Å²) in [7, 11) is 0. The fourth-order valence-electron chi connectivity index (χ4n) is 16.4. The molecule has 10 aliphatic rings. The molecule has 129 heavy (non-hydrogen) atoms. The Labute approximate surface area is 727 Å². The first kappa shape index (κ1) is 106. The normalized spacial score (nSPS) is 48.4. The highest BCUT2D eigenvalue weighted by atomic mass is 16.8. The molecule has 0 saturated carbocycles. The van der Waals surface area contributed by atoms with E-state index in [0.717, 1.165) is 20.8 Å². The number of amides is 3. The fourth-order valence-corrected chi connectivity index (χ4v) is 16.4. The van der Waals surface area contributed by atoms with Crippen LogP contribution in [0.4, 0.5) is 0 Å². The molecular formula is C71H117N3O55. The standard InChI is InChI=1S/C71H117N3O55/c1-16-34(87)43(96)47(100)63(115-16)112-13-28-39(92)45(98)49(102)65(120-28)124-57-26(11-79)118-62(33(74-19(4)82)58(57)125-66-50(103)46(99)40(93)29(121-66)14-113-64-48(101)44(97)36(89)25(10-78)117-64)126-59-51(104)53(21(84)7-75)122-67(52(59)105)123-56-24(127-71(69(109)110)5-20(83)35(88)54(128-71)22(85)8-76)6-70(68(107)108,129-55(56)23(86)9-77)114-15-30-38(91)42(95)32(73-18(3)81)61(119-30)111-12-27-37(90)41(94)31(60(106)116-27)72-17(2)80/h16,20-67,75-79,83-106H,5-15H2,1-4H3,(H,72,80)(H,73,81)(H,74,82)(H,107,108)(H,109,110)/t16-,20+,21?,22+,23+,24+,25+,26+,27+,28+,29+,30+,31+,32+,33+,34-,35+,36+,37+,38+,39+,40+,41+,42+,43+,44-,45-,46-,47+,48+,49+,50+,51?,52?,53?,54+,55+,56+,57-,58+,59?,60-,61+,62+,63+,64-,65+,66-,67?,70+,71+/m0/s1. The SMILES string of the molecule is CC(=O)N[C@@H]1[C@@H](O)[C@H](O)[C@@H](CO[C@@H]2O[C@H](CO[C@]3(C(=O)O)C[C@@H](O[C@]4(C(=O)O)C[C@@H](O)[C@@H](O)[C@@H]([C@H](O)CO)O4)[C@@H](OC4OC(C(O)CO)C(O)C(O[C@H]5O[C@H](CO)[C@H](O[C@H]6O[C@H](CO[C@@H]7O[C@@H](C)[C@H](O)[C@@H](O)[C@H]7O)[C@@H](O)[C@H](O)[C@H]6O)[C@H](O[C@@H]6O[C@H](CO[C@H]7O[C@H](CO)[C@@H](O)[C@H](O)[C@H]7O)[C@@H](O)[C@H](O)[C@H]6O)[C@H]5NC(C)=O)C4O)[C@@H]([C@H](O)CO)O3)[C@@H](O)[C@H](O)[C@H]2NC(C)=O)O[C@@H]1O. The molecule has 10 aliphatic heterocycles. The van der Waals surface area contributed by atoms with Gasteiger partial charge in [-0.2, -0.15) is 0 Å². The first-order valence-corrected chi connectivity index (χ1v) is 40.7.